The Bertz CT molecular complexity index is 213. The second-order valence-corrected chi connectivity index (χ2v) is 4.39. The second kappa shape index (κ2) is 6.86. The molecular formula is C12H24N2O2. The van der Waals surface area contributed by atoms with Crippen LogP contribution >= 0.6 is 0 Å². The van der Waals surface area contributed by atoms with Crippen molar-refractivity contribution in [3.8, 4) is 0 Å². The van der Waals surface area contributed by atoms with E-state index in [4.69, 9.17) is 4.74 Å². The molecule has 1 heterocycles. The van der Waals surface area contributed by atoms with Gasteiger partial charge in [-0.1, -0.05) is 6.92 Å². The van der Waals surface area contributed by atoms with E-state index < -0.39 is 0 Å². The number of nitrogens with zero attached hydrogens (tertiary/aromatic N) is 2. The van der Waals surface area contributed by atoms with E-state index in [1.54, 1.807) is 0 Å². The van der Waals surface area contributed by atoms with Gasteiger partial charge in [0.15, 0.2) is 0 Å². The molecule has 0 unspecified atom stereocenters. The third-order valence-electron chi connectivity index (χ3n) is 3.31. The first-order valence-electron chi connectivity index (χ1n) is 6.25. The third-order valence-corrected chi connectivity index (χ3v) is 3.31. The number of carbonyl (C=O) groups is 1. The number of ether oxygens (including phenoxy) is 1. The van der Waals surface area contributed by atoms with E-state index in [0.29, 0.717) is 19.2 Å². The summed E-state index contributed by atoms with van der Waals surface area (Å²) in [7, 11) is 2.02. The summed E-state index contributed by atoms with van der Waals surface area (Å²) >= 11 is 0. The Kier molecular flexibility index (Phi) is 5.77. The summed E-state index contributed by atoms with van der Waals surface area (Å²) in [5, 5.41) is 0. The minimum atomic E-state index is -0.108. The SMILES string of the molecule is CCOC(=O)CN(C)C1CCN(CC)CC1. The molecule has 4 heteroatoms. The van der Waals surface area contributed by atoms with Gasteiger partial charge in [-0.05, 0) is 46.4 Å². The minimum absolute atomic E-state index is 0.108. The van der Waals surface area contributed by atoms with E-state index in [-0.39, 0.29) is 5.97 Å². The van der Waals surface area contributed by atoms with E-state index in [1.807, 2.05) is 14.0 Å². The van der Waals surface area contributed by atoms with Crippen LogP contribution in [0.2, 0.25) is 0 Å². The summed E-state index contributed by atoms with van der Waals surface area (Å²) in [5.41, 5.74) is 0. The van der Waals surface area contributed by atoms with E-state index >= 15 is 0 Å². The quantitative estimate of drug-likeness (QED) is 0.656. The molecule has 1 fully saturated rings. The molecule has 0 aromatic carbocycles. The molecule has 0 aromatic heterocycles. The number of hydrogen-bond donors (Lipinski definition) is 0. The van der Waals surface area contributed by atoms with Crippen LogP contribution in [0.15, 0.2) is 0 Å². The largest absolute Gasteiger partial charge is 0.465 e. The molecule has 1 aliphatic rings. The van der Waals surface area contributed by atoms with Crippen molar-refractivity contribution >= 4 is 5.97 Å². The molecule has 16 heavy (non-hydrogen) atoms. The Hall–Kier alpha value is -0.610. The van der Waals surface area contributed by atoms with Gasteiger partial charge >= 0.3 is 5.97 Å². The number of carbonyl (C=O) groups excluding carboxylic acids is 1. The maximum absolute atomic E-state index is 11.3. The summed E-state index contributed by atoms with van der Waals surface area (Å²) in [5.74, 6) is -0.108. The zero-order valence-electron chi connectivity index (χ0n) is 10.7. The average molecular weight is 228 g/mol. The van der Waals surface area contributed by atoms with Crippen LogP contribution in [0.4, 0.5) is 0 Å². The molecule has 0 atom stereocenters. The van der Waals surface area contributed by atoms with E-state index in [1.165, 1.54) is 0 Å². The molecule has 0 bridgehead atoms. The van der Waals surface area contributed by atoms with Crippen molar-refractivity contribution in [1.82, 2.24) is 9.80 Å². The fourth-order valence-electron chi connectivity index (χ4n) is 2.22. The molecule has 1 rings (SSSR count). The Morgan fingerprint density at radius 2 is 2.00 bits per heavy atom. The van der Waals surface area contributed by atoms with Gasteiger partial charge in [0.25, 0.3) is 0 Å². The van der Waals surface area contributed by atoms with Crippen LogP contribution in [0.25, 0.3) is 0 Å². The predicted molar refractivity (Wildman–Crippen MR) is 64.4 cm³/mol. The predicted octanol–water partition coefficient (Wildman–Crippen LogP) is 0.966. The van der Waals surface area contributed by atoms with E-state index in [2.05, 4.69) is 16.7 Å². The van der Waals surface area contributed by atoms with E-state index in [9.17, 15) is 4.79 Å². The van der Waals surface area contributed by atoms with Crippen molar-refractivity contribution in [2.75, 3.05) is 39.8 Å². The molecule has 0 amide bonds. The number of rotatable bonds is 5. The first kappa shape index (κ1) is 13.5. The molecule has 1 aliphatic heterocycles. The van der Waals surface area contributed by atoms with Crippen LogP contribution in [0.5, 0.6) is 0 Å². The van der Waals surface area contributed by atoms with Gasteiger partial charge in [0, 0.05) is 6.04 Å². The first-order chi connectivity index (χ1) is 7.67. The highest BCUT2D eigenvalue weighted by atomic mass is 16.5. The number of likely N-dealkylation sites (tertiary alicyclic amines) is 1. The van der Waals surface area contributed by atoms with Crippen molar-refractivity contribution in [3.63, 3.8) is 0 Å². The highest BCUT2D eigenvalue weighted by Gasteiger charge is 2.22. The topological polar surface area (TPSA) is 32.8 Å². The zero-order valence-corrected chi connectivity index (χ0v) is 10.7. The van der Waals surface area contributed by atoms with Crippen molar-refractivity contribution in [1.29, 1.82) is 0 Å². The van der Waals surface area contributed by atoms with Gasteiger partial charge < -0.3 is 9.64 Å². The zero-order chi connectivity index (χ0) is 12.0. The van der Waals surface area contributed by atoms with Crippen LogP contribution in [0, 0.1) is 0 Å². The van der Waals surface area contributed by atoms with E-state index in [0.717, 1.165) is 32.5 Å². The maximum Gasteiger partial charge on any atom is 0.320 e. The second-order valence-electron chi connectivity index (χ2n) is 4.39. The van der Waals surface area contributed by atoms with Crippen molar-refractivity contribution < 1.29 is 9.53 Å². The molecule has 4 nitrogen and oxygen atoms in total. The van der Waals surface area contributed by atoms with Crippen LogP contribution < -0.4 is 0 Å². The Morgan fingerprint density at radius 1 is 1.38 bits per heavy atom. The molecule has 1 saturated heterocycles. The molecule has 0 radical (unpaired) electrons. The lowest BCUT2D eigenvalue weighted by molar-refractivity contribution is -0.144. The van der Waals surface area contributed by atoms with Crippen LogP contribution in [0.1, 0.15) is 26.7 Å². The standard InChI is InChI=1S/C12H24N2O2/c1-4-14-8-6-11(7-9-14)13(3)10-12(15)16-5-2/h11H,4-10H2,1-3H3. The minimum Gasteiger partial charge on any atom is -0.465 e. The number of esters is 1. The number of likely N-dealkylation sites (N-methyl/N-ethyl adjacent to an activating group) is 1. The summed E-state index contributed by atoms with van der Waals surface area (Å²) in [4.78, 5) is 15.9. The number of piperidine rings is 1. The average Bonchev–Trinajstić information content (AvgIpc) is 2.29. The fraction of sp³-hybridized carbons (Fsp3) is 0.917. The monoisotopic (exact) mass is 228 g/mol. The van der Waals surface area contributed by atoms with Gasteiger partial charge in [-0.2, -0.15) is 0 Å². The van der Waals surface area contributed by atoms with Crippen molar-refractivity contribution in [3.05, 3.63) is 0 Å². The summed E-state index contributed by atoms with van der Waals surface area (Å²) in [6, 6.07) is 0.534. The first-order valence-corrected chi connectivity index (χ1v) is 6.25. The molecule has 0 aromatic rings. The highest BCUT2D eigenvalue weighted by molar-refractivity contribution is 5.71. The summed E-state index contributed by atoms with van der Waals surface area (Å²) in [6.45, 7) is 8.36. The lowest BCUT2D eigenvalue weighted by Gasteiger charge is -2.35. The van der Waals surface area contributed by atoms with Crippen LogP contribution in [-0.2, 0) is 9.53 Å². The lowest BCUT2D eigenvalue weighted by Crippen LogP contribution is -2.45. The molecular weight excluding hydrogens is 204 g/mol. The van der Waals surface area contributed by atoms with Crippen LogP contribution in [0.3, 0.4) is 0 Å². The molecule has 0 aliphatic carbocycles. The molecule has 94 valence electrons. The normalized spacial score (nSPS) is 19.0. The summed E-state index contributed by atoms with van der Waals surface area (Å²) in [6.07, 6.45) is 2.31. The summed E-state index contributed by atoms with van der Waals surface area (Å²) < 4.78 is 4.95. The third kappa shape index (κ3) is 4.10. The Morgan fingerprint density at radius 3 is 2.50 bits per heavy atom. The smallest absolute Gasteiger partial charge is 0.320 e. The van der Waals surface area contributed by atoms with Gasteiger partial charge in [-0.3, -0.25) is 9.69 Å². The Labute approximate surface area is 98.5 Å². The van der Waals surface area contributed by atoms with Crippen molar-refractivity contribution in [2.24, 2.45) is 0 Å². The van der Waals surface area contributed by atoms with Gasteiger partial charge in [0.05, 0.1) is 13.2 Å². The maximum atomic E-state index is 11.3. The number of hydrogen-bond acceptors (Lipinski definition) is 4. The molecule has 0 spiro atoms. The van der Waals surface area contributed by atoms with Gasteiger partial charge in [0.2, 0.25) is 0 Å². The highest BCUT2D eigenvalue weighted by Crippen LogP contribution is 2.14. The molecule has 0 saturated carbocycles. The fourth-order valence-corrected chi connectivity index (χ4v) is 2.22. The lowest BCUT2D eigenvalue weighted by atomic mass is 10.0. The van der Waals surface area contributed by atoms with Gasteiger partial charge in [-0.25, -0.2) is 0 Å². The van der Waals surface area contributed by atoms with Crippen LogP contribution in [-0.4, -0.2) is 61.6 Å². The Balaban J connectivity index is 2.27. The van der Waals surface area contributed by atoms with Gasteiger partial charge in [-0.15, -0.1) is 0 Å². The molecule has 0 N–H and O–H groups in total. The van der Waals surface area contributed by atoms with Crippen molar-refractivity contribution in [2.45, 2.75) is 32.7 Å². The van der Waals surface area contributed by atoms with Gasteiger partial charge in [0.1, 0.15) is 0 Å².